The first kappa shape index (κ1) is 23.8. The zero-order chi connectivity index (χ0) is 25.1. The molecule has 10 rings (SSSR count). The van der Waals surface area contributed by atoms with Crippen LogP contribution in [-0.2, 0) is 9.47 Å². The molecule has 2 heteroatoms. The van der Waals surface area contributed by atoms with E-state index in [1.165, 1.54) is 12.8 Å². The standard InChI is InChI=1S/2C18H26O/c1-2-19-9-13-6-12-7-14(13)18-16(12)8-15-10-3-4-11(5-10)17(15)18;1-2-19-9-11-6-10-7-14(11)18-16-8-15(17(10)18)12-4-3-5-13(12)16/h2*2,10-18H,1,3-9H2. The molecule has 0 amide bonds. The van der Waals surface area contributed by atoms with Crippen LogP contribution in [0.25, 0.3) is 0 Å². The minimum Gasteiger partial charge on any atom is -0.502 e. The van der Waals surface area contributed by atoms with Crippen molar-refractivity contribution in [2.24, 2.45) is 107 Å². The maximum atomic E-state index is 5.56. The van der Waals surface area contributed by atoms with Crippen molar-refractivity contribution < 1.29 is 9.47 Å². The van der Waals surface area contributed by atoms with Crippen LogP contribution < -0.4 is 0 Å². The molecule has 10 fully saturated rings. The summed E-state index contributed by atoms with van der Waals surface area (Å²) in [6.07, 6.45) is 22.0. The molecule has 18 atom stereocenters. The molecule has 10 aliphatic rings. The number of hydrogen-bond acceptors (Lipinski definition) is 2. The third-order valence-electron chi connectivity index (χ3n) is 15.9. The van der Waals surface area contributed by atoms with Crippen molar-refractivity contribution in [1.29, 1.82) is 0 Å². The van der Waals surface area contributed by atoms with Gasteiger partial charge in [0.1, 0.15) is 0 Å². The first-order chi connectivity index (χ1) is 18.7. The highest BCUT2D eigenvalue weighted by atomic mass is 16.5. The van der Waals surface area contributed by atoms with E-state index in [4.69, 9.17) is 9.47 Å². The summed E-state index contributed by atoms with van der Waals surface area (Å²) in [4.78, 5) is 0. The second-order valence-corrected chi connectivity index (χ2v) is 16.3. The molecule has 8 bridgehead atoms. The van der Waals surface area contributed by atoms with Gasteiger partial charge < -0.3 is 9.47 Å². The number of rotatable bonds is 6. The highest BCUT2D eigenvalue weighted by molar-refractivity contribution is 5.16. The molecule has 18 unspecified atom stereocenters. The Hall–Kier alpha value is -0.920. The normalized spacial score (nSPS) is 60.3. The summed E-state index contributed by atoms with van der Waals surface area (Å²) >= 11 is 0. The van der Waals surface area contributed by atoms with E-state index in [1.54, 1.807) is 76.7 Å². The lowest BCUT2D eigenvalue weighted by Crippen LogP contribution is -2.39. The summed E-state index contributed by atoms with van der Waals surface area (Å²) in [5.74, 6) is 19.6. The van der Waals surface area contributed by atoms with Gasteiger partial charge in [-0.05, 0) is 177 Å². The Bertz CT molecular complexity index is 957. The summed E-state index contributed by atoms with van der Waals surface area (Å²) in [6.45, 7) is 9.34. The first-order valence-electron chi connectivity index (χ1n) is 17.2. The van der Waals surface area contributed by atoms with Crippen LogP contribution in [0.15, 0.2) is 25.7 Å². The summed E-state index contributed by atoms with van der Waals surface area (Å²) in [5, 5.41) is 0. The van der Waals surface area contributed by atoms with E-state index in [0.717, 1.165) is 120 Å². The molecule has 2 nitrogen and oxygen atoms in total. The van der Waals surface area contributed by atoms with Gasteiger partial charge in [-0.3, -0.25) is 0 Å². The molecule has 0 aromatic rings. The molecule has 0 aromatic carbocycles. The third kappa shape index (κ3) is 3.13. The van der Waals surface area contributed by atoms with Crippen molar-refractivity contribution in [3.8, 4) is 0 Å². The van der Waals surface area contributed by atoms with E-state index in [-0.39, 0.29) is 0 Å². The van der Waals surface area contributed by atoms with Gasteiger partial charge in [-0.25, -0.2) is 0 Å². The molecule has 208 valence electrons. The lowest BCUT2D eigenvalue weighted by Gasteiger charge is -2.43. The Morgan fingerprint density at radius 2 is 1.00 bits per heavy atom. The van der Waals surface area contributed by atoms with E-state index in [2.05, 4.69) is 13.2 Å². The molecule has 0 aromatic heterocycles. The number of hydrogen-bond donors (Lipinski definition) is 0. The summed E-state index contributed by atoms with van der Waals surface area (Å²) in [5.41, 5.74) is 0. The fourth-order valence-electron chi connectivity index (χ4n) is 15.5. The molecule has 0 N–H and O–H groups in total. The van der Waals surface area contributed by atoms with Crippen molar-refractivity contribution in [2.75, 3.05) is 13.2 Å². The van der Waals surface area contributed by atoms with Crippen LogP contribution in [-0.4, -0.2) is 13.2 Å². The van der Waals surface area contributed by atoms with Crippen molar-refractivity contribution in [2.45, 2.75) is 77.0 Å². The van der Waals surface area contributed by atoms with Gasteiger partial charge in [-0.1, -0.05) is 19.6 Å². The van der Waals surface area contributed by atoms with Crippen molar-refractivity contribution in [1.82, 2.24) is 0 Å². The van der Waals surface area contributed by atoms with Crippen LogP contribution in [0.1, 0.15) is 77.0 Å². The van der Waals surface area contributed by atoms with E-state index >= 15 is 0 Å². The SMILES string of the molecule is C=COCC1CC2CC1C1C2CC2C3CCC(C3)C21.C=COCC1CC2CC1C1C3CC(C4CCCC43)C21. The first-order valence-corrected chi connectivity index (χ1v) is 17.2. The van der Waals surface area contributed by atoms with E-state index < -0.39 is 0 Å². The van der Waals surface area contributed by atoms with Crippen LogP contribution in [0.5, 0.6) is 0 Å². The van der Waals surface area contributed by atoms with Crippen LogP contribution in [0.2, 0.25) is 0 Å². The second kappa shape index (κ2) is 8.79. The maximum absolute atomic E-state index is 5.56. The topological polar surface area (TPSA) is 18.5 Å². The molecule has 0 heterocycles. The van der Waals surface area contributed by atoms with Gasteiger partial charge in [0, 0.05) is 0 Å². The summed E-state index contributed by atoms with van der Waals surface area (Å²) in [7, 11) is 0. The predicted octanol–water partition coefficient (Wildman–Crippen LogP) is 8.20. The lowest BCUT2D eigenvalue weighted by atomic mass is 9.62. The maximum Gasteiger partial charge on any atom is 0.0903 e. The summed E-state index contributed by atoms with van der Waals surface area (Å²) in [6, 6.07) is 0. The van der Waals surface area contributed by atoms with Gasteiger partial charge >= 0.3 is 0 Å². The Morgan fingerprint density at radius 1 is 0.447 bits per heavy atom. The molecular formula is C36H52O2. The van der Waals surface area contributed by atoms with Gasteiger partial charge in [-0.2, -0.15) is 0 Å². The van der Waals surface area contributed by atoms with Gasteiger partial charge in [0.15, 0.2) is 0 Å². The van der Waals surface area contributed by atoms with Crippen molar-refractivity contribution in [3.63, 3.8) is 0 Å². The smallest absolute Gasteiger partial charge is 0.0903 e. The molecule has 0 radical (unpaired) electrons. The van der Waals surface area contributed by atoms with Crippen LogP contribution in [0.4, 0.5) is 0 Å². The van der Waals surface area contributed by atoms with E-state index in [0.29, 0.717) is 0 Å². The highest BCUT2D eigenvalue weighted by Gasteiger charge is 2.68. The van der Waals surface area contributed by atoms with E-state index in [1.807, 2.05) is 0 Å². The monoisotopic (exact) mass is 516 g/mol. The Morgan fingerprint density at radius 3 is 1.74 bits per heavy atom. The molecule has 10 aliphatic carbocycles. The van der Waals surface area contributed by atoms with Gasteiger partial charge in [0.25, 0.3) is 0 Å². The van der Waals surface area contributed by atoms with Crippen LogP contribution in [0.3, 0.4) is 0 Å². The summed E-state index contributed by atoms with van der Waals surface area (Å²) < 4.78 is 11.1. The quantitative estimate of drug-likeness (QED) is 0.262. The molecular weight excluding hydrogens is 464 g/mol. The molecule has 10 saturated carbocycles. The van der Waals surface area contributed by atoms with Gasteiger partial charge in [0.05, 0.1) is 25.7 Å². The molecule has 0 spiro atoms. The Kier molecular flexibility index (Phi) is 5.49. The van der Waals surface area contributed by atoms with Gasteiger partial charge in [0.2, 0.25) is 0 Å². The highest BCUT2D eigenvalue weighted by Crippen LogP contribution is 2.74. The zero-order valence-corrected chi connectivity index (χ0v) is 23.7. The van der Waals surface area contributed by atoms with Crippen molar-refractivity contribution >= 4 is 0 Å². The molecule has 0 aliphatic heterocycles. The predicted molar refractivity (Wildman–Crippen MR) is 151 cm³/mol. The van der Waals surface area contributed by atoms with E-state index in [9.17, 15) is 0 Å². The third-order valence-corrected chi connectivity index (χ3v) is 15.9. The Balaban J connectivity index is 0.000000111. The largest absolute Gasteiger partial charge is 0.502 e. The van der Waals surface area contributed by atoms with Crippen LogP contribution >= 0.6 is 0 Å². The average Bonchev–Trinajstić information content (AvgIpc) is 3.77. The average molecular weight is 517 g/mol. The minimum absolute atomic E-state index is 0.863. The fourth-order valence-corrected chi connectivity index (χ4v) is 15.5. The lowest BCUT2D eigenvalue weighted by molar-refractivity contribution is 0.0266. The van der Waals surface area contributed by atoms with Gasteiger partial charge in [-0.15, -0.1) is 0 Å². The Labute approximate surface area is 231 Å². The second-order valence-electron chi connectivity index (χ2n) is 16.3. The number of fused-ring (bicyclic) bond motifs is 23. The molecule has 0 saturated heterocycles. The van der Waals surface area contributed by atoms with Crippen molar-refractivity contribution in [3.05, 3.63) is 25.7 Å². The number of ether oxygens (including phenoxy) is 2. The van der Waals surface area contributed by atoms with Crippen LogP contribution in [0, 0.1) is 107 Å². The fraction of sp³-hybridized carbons (Fsp3) is 0.889. The minimum atomic E-state index is 0.863. The molecule has 38 heavy (non-hydrogen) atoms. The zero-order valence-electron chi connectivity index (χ0n) is 23.7.